The van der Waals surface area contributed by atoms with Crippen LogP contribution in [0.2, 0.25) is 0 Å². The number of Topliss-reactive ketones (excluding diaryl/α,β-unsaturated/α-hetero) is 1. The first-order valence-corrected chi connectivity index (χ1v) is 14.5. The van der Waals surface area contributed by atoms with E-state index in [0.29, 0.717) is 37.2 Å². The molecule has 1 aliphatic rings. The minimum absolute atomic E-state index is 0.0303. The smallest absolute Gasteiger partial charge is 0.162 e. The highest BCUT2D eigenvalue weighted by Crippen LogP contribution is 2.16. The molecule has 40 heavy (non-hydrogen) atoms. The number of aldehydes is 1. The predicted octanol–water partition coefficient (Wildman–Crippen LogP) is 5.42. The molecule has 3 rings (SSSR count). The van der Waals surface area contributed by atoms with Crippen molar-refractivity contribution >= 4 is 12.1 Å². The van der Waals surface area contributed by atoms with E-state index in [9.17, 15) is 14.0 Å². The average Bonchev–Trinajstić information content (AvgIpc) is 3.52. The number of aliphatic hydroxyl groups excluding tert-OH is 1. The number of rotatable bonds is 18. The Balaban J connectivity index is 0.000000379. The fourth-order valence-electron chi connectivity index (χ4n) is 4.21. The number of nitrogens with zero attached hydrogens (tertiary/aromatic N) is 1. The molecule has 0 spiro atoms. The molecule has 0 saturated carbocycles. The number of hydrogen-bond acceptors (Lipinski definition) is 7. The Morgan fingerprint density at radius 1 is 0.900 bits per heavy atom. The molecule has 2 aromatic carbocycles. The number of alkyl halides is 1. The monoisotopic (exact) mass is 560 g/mol. The van der Waals surface area contributed by atoms with E-state index in [4.69, 9.17) is 14.6 Å². The number of unbranched alkanes of at least 4 members (excludes halogenated alkanes) is 3. The van der Waals surface area contributed by atoms with Crippen molar-refractivity contribution < 1.29 is 28.6 Å². The van der Waals surface area contributed by atoms with Crippen LogP contribution in [-0.4, -0.2) is 75.3 Å². The Morgan fingerprint density at radius 2 is 1.52 bits per heavy atom. The van der Waals surface area contributed by atoms with Crippen LogP contribution in [0.3, 0.4) is 0 Å². The highest BCUT2D eigenvalue weighted by Gasteiger charge is 2.10. The van der Waals surface area contributed by atoms with Crippen LogP contribution in [-0.2, 0) is 11.2 Å². The number of carbonyl (C=O) groups is 2. The van der Waals surface area contributed by atoms with Crippen molar-refractivity contribution in [2.75, 3.05) is 53.2 Å². The molecule has 0 aromatic heterocycles. The van der Waals surface area contributed by atoms with Crippen molar-refractivity contribution in [3.8, 4) is 11.5 Å². The maximum Gasteiger partial charge on any atom is 0.162 e. The van der Waals surface area contributed by atoms with E-state index >= 15 is 0 Å². The van der Waals surface area contributed by atoms with Gasteiger partial charge in [0.2, 0.25) is 0 Å². The summed E-state index contributed by atoms with van der Waals surface area (Å²) in [7, 11) is 1.50. The van der Waals surface area contributed by atoms with Gasteiger partial charge in [-0.15, -0.1) is 0 Å². The molecule has 224 valence electrons. The quantitative estimate of drug-likeness (QED) is 0.143. The molecule has 1 fully saturated rings. The van der Waals surface area contributed by atoms with Gasteiger partial charge in [-0.3, -0.25) is 9.18 Å². The Hall–Kier alpha value is -2.81. The molecule has 0 bridgehead atoms. The second kappa shape index (κ2) is 24.0. The second-order valence-corrected chi connectivity index (χ2v) is 9.47. The number of hydrogen-bond donors (Lipinski definition) is 2. The summed E-state index contributed by atoms with van der Waals surface area (Å²) in [5, 5.41) is 8.61. The Bertz CT molecular complexity index is 887. The molecule has 8 heteroatoms. The SMILES string of the molecule is CN.FCCCCOc1ccc(CCCN2CCCC2)cc1.O=CCCCCC(=O)c1ccc(OCCO)cc1. The van der Waals surface area contributed by atoms with Crippen molar-refractivity contribution in [3.05, 3.63) is 59.7 Å². The van der Waals surface area contributed by atoms with Gasteiger partial charge >= 0.3 is 0 Å². The largest absolute Gasteiger partial charge is 0.494 e. The van der Waals surface area contributed by atoms with Crippen LogP contribution in [0.4, 0.5) is 4.39 Å². The van der Waals surface area contributed by atoms with E-state index in [2.05, 4.69) is 22.8 Å². The summed E-state index contributed by atoms with van der Waals surface area (Å²) in [6.45, 7) is 4.37. The molecular formula is C32H49FN2O5. The Kier molecular flexibility index (Phi) is 21.2. The minimum Gasteiger partial charge on any atom is -0.494 e. The Labute approximate surface area is 239 Å². The van der Waals surface area contributed by atoms with Crippen LogP contribution in [0.1, 0.15) is 73.7 Å². The normalized spacial score (nSPS) is 12.5. The first kappa shape index (κ1) is 35.2. The number of aliphatic hydroxyl groups is 1. The lowest BCUT2D eigenvalue weighted by atomic mass is 10.0. The summed E-state index contributed by atoms with van der Waals surface area (Å²) in [6, 6.07) is 15.2. The number of carbonyl (C=O) groups excluding carboxylic acids is 2. The summed E-state index contributed by atoms with van der Waals surface area (Å²) in [4.78, 5) is 24.4. The third kappa shape index (κ3) is 16.3. The third-order valence-corrected chi connectivity index (χ3v) is 6.37. The fraction of sp³-hybridized carbons (Fsp3) is 0.562. The average molecular weight is 561 g/mol. The number of nitrogens with two attached hydrogens (primary N) is 1. The zero-order valence-electron chi connectivity index (χ0n) is 24.2. The van der Waals surface area contributed by atoms with Gasteiger partial charge in [0.05, 0.1) is 19.9 Å². The predicted molar refractivity (Wildman–Crippen MR) is 159 cm³/mol. The molecule has 0 atom stereocenters. The van der Waals surface area contributed by atoms with Gasteiger partial charge < -0.3 is 30.0 Å². The summed E-state index contributed by atoms with van der Waals surface area (Å²) in [5.74, 6) is 1.61. The summed E-state index contributed by atoms with van der Waals surface area (Å²) in [5.41, 5.74) is 6.53. The number of ketones is 1. The maximum absolute atomic E-state index is 11.9. The molecule has 1 aliphatic heterocycles. The van der Waals surface area contributed by atoms with E-state index in [-0.39, 0.29) is 25.7 Å². The van der Waals surface area contributed by atoms with E-state index in [0.717, 1.165) is 37.7 Å². The molecule has 2 aromatic rings. The highest BCUT2D eigenvalue weighted by atomic mass is 19.1. The second-order valence-electron chi connectivity index (χ2n) is 9.47. The zero-order chi connectivity index (χ0) is 29.3. The molecule has 7 nitrogen and oxygen atoms in total. The van der Waals surface area contributed by atoms with Crippen LogP contribution in [0.5, 0.6) is 11.5 Å². The number of halogens is 1. The number of benzene rings is 2. The van der Waals surface area contributed by atoms with Gasteiger partial charge in [0.1, 0.15) is 24.4 Å². The van der Waals surface area contributed by atoms with Crippen molar-refractivity contribution in [2.24, 2.45) is 5.73 Å². The van der Waals surface area contributed by atoms with Crippen LogP contribution < -0.4 is 15.2 Å². The van der Waals surface area contributed by atoms with Crippen molar-refractivity contribution in [1.82, 2.24) is 4.90 Å². The van der Waals surface area contributed by atoms with E-state index in [1.165, 1.54) is 51.5 Å². The van der Waals surface area contributed by atoms with Crippen LogP contribution in [0.25, 0.3) is 0 Å². The topological polar surface area (TPSA) is 102 Å². The summed E-state index contributed by atoms with van der Waals surface area (Å²) < 4.78 is 22.7. The minimum atomic E-state index is -0.251. The van der Waals surface area contributed by atoms with Crippen LogP contribution in [0.15, 0.2) is 48.5 Å². The van der Waals surface area contributed by atoms with Gasteiger partial charge in [-0.05, 0) is 120 Å². The van der Waals surface area contributed by atoms with Crippen molar-refractivity contribution in [2.45, 2.75) is 64.2 Å². The van der Waals surface area contributed by atoms with E-state index < -0.39 is 0 Å². The maximum atomic E-state index is 11.9. The van der Waals surface area contributed by atoms with Crippen LogP contribution in [0, 0.1) is 0 Å². The van der Waals surface area contributed by atoms with Gasteiger partial charge in [-0.1, -0.05) is 12.1 Å². The standard InChI is InChI=1S/C17H26FNO.C14H18O4.CH5N/c18-11-1-4-15-20-17-9-7-16(8-10-17)6-5-14-19-12-2-3-13-19;15-9-3-1-2-4-14(17)12-5-7-13(8-6-12)18-11-10-16;1-2/h7-10H,1-6,11-15H2;5-9,16H,1-4,10-11H2;2H2,1H3. The third-order valence-electron chi connectivity index (χ3n) is 6.37. The number of likely N-dealkylation sites (tertiary alicyclic amines) is 1. The first-order valence-electron chi connectivity index (χ1n) is 14.5. The highest BCUT2D eigenvalue weighted by molar-refractivity contribution is 5.96. The summed E-state index contributed by atoms with van der Waals surface area (Å²) >= 11 is 0. The molecular weight excluding hydrogens is 511 g/mol. The lowest BCUT2D eigenvalue weighted by Gasteiger charge is -2.14. The molecule has 0 aliphatic carbocycles. The van der Waals surface area contributed by atoms with Gasteiger partial charge in [-0.2, -0.15) is 0 Å². The van der Waals surface area contributed by atoms with Gasteiger partial charge in [-0.25, -0.2) is 0 Å². The van der Waals surface area contributed by atoms with E-state index in [1.807, 2.05) is 12.1 Å². The first-order chi connectivity index (χ1) is 19.7. The molecule has 3 N–H and O–H groups in total. The van der Waals surface area contributed by atoms with Crippen LogP contribution >= 0.6 is 0 Å². The molecule has 1 heterocycles. The number of ether oxygens (including phenoxy) is 2. The molecule has 0 amide bonds. The van der Waals surface area contributed by atoms with Gasteiger partial charge in [0.25, 0.3) is 0 Å². The summed E-state index contributed by atoms with van der Waals surface area (Å²) in [6.07, 6.45) is 9.83. The van der Waals surface area contributed by atoms with Crippen molar-refractivity contribution in [3.63, 3.8) is 0 Å². The lowest BCUT2D eigenvalue weighted by molar-refractivity contribution is -0.107. The zero-order valence-corrected chi connectivity index (χ0v) is 24.2. The van der Waals surface area contributed by atoms with Crippen molar-refractivity contribution in [1.29, 1.82) is 0 Å². The van der Waals surface area contributed by atoms with Gasteiger partial charge in [0, 0.05) is 18.4 Å². The van der Waals surface area contributed by atoms with E-state index in [1.54, 1.807) is 24.3 Å². The molecule has 1 saturated heterocycles. The number of aryl methyl sites for hydroxylation is 1. The fourth-order valence-corrected chi connectivity index (χ4v) is 4.21. The Morgan fingerprint density at radius 3 is 2.12 bits per heavy atom. The molecule has 0 radical (unpaired) electrons. The molecule has 0 unspecified atom stereocenters. The van der Waals surface area contributed by atoms with Gasteiger partial charge in [0.15, 0.2) is 5.78 Å². The lowest BCUT2D eigenvalue weighted by Crippen LogP contribution is -2.20.